The van der Waals surface area contributed by atoms with Crippen LogP contribution >= 0.6 is 11.6 Å². The molecule has 0 aliphatic carbocycles. The standard InChI is InChI=1S/C13H17ClN2O2/c1-8-6-16(9(2)7-17-3)10-5-11(18-4)13(14)15-12(8)10/h5-6,9H,7H2,1-4H3/t9-/m0/s1. The third kappa shape index (κ3) is 2.18. The molecule has 2 aromatic rings. The van der Waals surface area contributed by atoms with E-state index in [2.05, 4.69) is 22.7 Å². The summed E-state index contributed by atoms with van der Waals surface area (Å²) in [4.78, 5) is 4.39. The first-order valence-corrected chi connectivity index (χ1v) is 6.17. The van der Waals surface area contributed by atoms with Crippen LogP contribution in [-0.2, 0) is 4.74 Å². The Balaban J connectivity index is 2.61. The lowest BCUT2D eigenvalue weighted by Crippen LogP contribution is -2.09. The molecule has 0 spiro atoms. The van der Waals surface area contributed by atoms with Gasteiger partial charge in [-0.3, -0.25) is 0 Å². The van der Waals surface area contributed by atoms with Crippen molar-refractivity contribution in [2.24, 2.45) is 0 Å². The van der Waals surface area contributed by atoms with Gasteiger partial charge in [-0.05, 0) is 19.4 Å². The molecule has 0 aromatic carbocycles. The van der Waals surface area contributed by atoms with Gasteiger partial charge in [-0.15, -0.1) is 0 Å². The Morgan fingerprint density at radius 2 is 2.17 bits per heavy atom. The molecule has 0 aliphatic heterocycles. The number of aromatic nitrogens is 2. The van der Waals surface area contributed by atoms with Gasteiger partial charge in [0.25, 0.3) is 0 Å². The quantitative estimate of drug-likeness (QED) is 0.799. The van der Waals surface area contributed by atoms with E-state index in [1.54, 1.807) is 14.2 Å². The molecule has 0 radical (unpaired) electrons. The van der Waals surface area contributed by atoms with Gasteiger partial charge in [0.15, 0.2) is 10.9 Å². The number of aryl methyl sites for hydroxylation is 1. The third-order valence-electron chi connectivity index (χ3n) is 3.01. The summed E-state index contributed by atoms with van der Waals surface area (Å²) in [7, 11) is 3.29. The molecular formula is C13H17ClN2O2. The number of rotatable bonds is 4. The molecule has 0 saturated carbocycles. The van der Waals surface area contributed by atoms with Gasteiger partial charge >= 0.3 is 0 Å². The Hall–Kier alpha value is -1.26. The Morgan fingerprint density at radius 1 is 1.44 bits per heavy atom. The number of halogens is 1. The third-order valence-corrected chi connectivity index (χ3v) is 3.28. The molecule has 2 rings (SSSR count). The molecule has 98 valence electrons. The Morgan fingerprint density at radius 3 is 2.78 bits per heavy atom. The molecule has 2 aromatic heterocycles. The zero-order valence-corrected chi connectivity index (χ0v) is 11.8. The molecule has 2 heterocycles. The lowest BCUT2D eigenvalue weighted by Gasteiger charge is -2.14. The van der Waals surface area contributed by atoms with Gasteiger partial charge in [-0.25, -0.2) is 4.98 Å². The topological polar surface area (TPSA) is 36.3 Å². The van der Waals surface area contributed by atoms with Gasteiger partial charge in [0.1, 0.15) is 0 Å². The van der Waals surface area contributed by atoms with Crippen LogP contribution in [0, 0.1) is 6.92 Å². The van der Waals surface area contributed by atoms with Crippen LogP contribution in [0.3, 0.4) is 0 Å². The second-order valence-electron chi connectivity index (χ2n) is 4.37. The molecule has 0 N–H and O–H groups in total. The monoisotopic (exact) mass is 268 g/mol. The molecule has 1 atom stereocenters. The van der Waals surface area contributed by atoms with E-state index in [9.17, 15) is 0 Å². The van der Waals surface area contributed by atoms with E-state index < -0.39 is 0 Å². The SMILES string of the molecule is COC[C@H](C)n1cc(C)c2nc(Cl)c(OC)cc21. The summed E-state index contributed by atoms with van der Waals surface area (Å²) in [5.41, 5.74) is 3.01. The summed E-state index contributed by atoms with van der Waals surface area (Å²) in [5, 5.41) is 0.394. The molecule has 0 fully saturated rings. The zero-order valence-electron chi connectivity index (χ0n) is 11.0. The highest BCUT2D eigenvalue weighted by Crippen LogP contribution is 2.30. The highest BCUT2D eigenvalue weighted by molar-refractivity contribution is 6.31. The molecule has 0 bridgehead atoms. The van der Waals surface area contributed by atoms with E-state index in [1.165, 1.54) is 0 Å². The van der Waals surface area contributed by atoms with Crippen molar-refractivity contribution in [2.45, 2.75) is 19.9 Å². The highest BCUT2D eigenvalue weighted by atomic mass is 35.5. The minimum atomic E-state index is 0.235. The van der Waals surface area contributed by atoms with Gasteiger partial charge in [-0.1, -0.05) is 11.6 Å². The van der Waals surface area contributed by atoms with Gasteiger partial charge in [0.2, 0.25) is 0 Å². The van der Waals surface area contributed by atoms with Crippen LogP contribution in [0.5, 0.6) is 5.75 Å². The maximum atomic E-state index is 6.06. The van der Waals surface area contributed by atoms with E-state index in [0.29, 0.717) is 17.5 Å². The molecule has 0 saturated heterocycles. The first kappa shape index (κ1) is 13.2. The largest absolute Gasteiger partial charge is 0.493 e. The van der Waals surface area contributed by atoms with Crippen LogP contribution in [0.2, 0.25) is 5.15 Å². The average Bonchev–Trinajstić information content (AvgIpc) is 2.66. The summed E-state index contributed by atoms with van der Waals surface area (Å²) in [6.07, 6.45) is 2.07. The predicted octanol–water partition coefficient (Wildman–Crippen LogP) is 3.21. The van der Waals surface area contributed by atoms with Crippen molar-refractivity contribution < 1.29 is 9.47 Å². The number of nitrogens with zero attached hydrogens (tertiary/aromatic N) is 2. The normalized spacial score (nSPS) is 12.9. The van der Waals surface area contributed by atoms with Crippen LogP contribution in [0.15, 0.2) is 12.3 Å². The summed E-state index contributed by atoms with van der Waals surface area (Å²) < 4.78 is 12.6. The van der Waals surface area contributed by atoms with Crippen LogP contribution in [0.25, 0.3) is 11.0 Å². The van der Waals surface area contributed by atoms with Crippen molar-refractivity contribution in [3.8, 4) is 5.75 Å². The summed E-state index contributed by atoms with van der Waals surface area (Å²) >= 11 is 6.06. The number of hydrogen-bond acceptors (Lipinski definition) is 3. The fourth-order valence-electron chi connectivity index (χ4n) is 2.12. The molecular weight excluding hydrogens is 252 g/mol. The average molecular weight is 269 g/mol. The molecule has 0 amide bonds. The highest BCUT2D eigenvalue weighted by Gasteiger charge is 2.15. The number of pyridine rings is 1. The lowest BCUT2D eigenvalue weighted by molar-refractivity contribution is 0.164. The number of ether oxygens (including phenoxy) is 2. The molecule has 0 aliphatic rings. The fraction of sp³-hybridized carbons (Fsp3) is 0.462. The maximum absolute atomic E-state index is 6.06. The smallest absolute Gasteiger partial charge is 0.171 e. The fourth-order valence-corrected chi connectivity index (χ4v) is 2.33. The zero-order chi connectivity index (χ0) is 13.3. The number of fused-ring (bicyclic) bond motifs is 1. The minimum Gasteiger partial charge on any atom is -0.493 e. The molecule has 4 nitrogen and oxygen atoms in total. The molecule has 5 heteroatoms. The Labute approximate surface area is 111 Å². The van der Waals surface area contributed by atoms with E-state index in [0.717, 1.165) is 16.6 Å². The van der Waals surface area contributed by atoms with Crippen LogP contribution in [-0.4, -0.2) is 30.4 Å². The Kier molecular flexibility index (Phi) is 3.78. The Bertz CT molecular complexity index is 566. The first-order chi connectivity index (χ1) is 8.58. The first-order valence-electron chi connectivity index (χ1n) is 5.79. The van der Waals surface area contributed by atoms with E-state index in [1.807, 2.05) is 13.0 Å². The van der Waals surface area contributed by atoms with Crippen molar-refractivity contribution >= 4 is 22.6 Å². The minimum absolute atomic E-state index is 0.235. The maximum Gasteiger partial charge on any atom is 0.171 e. The van der Waals surface area contributed by atoms with Gasteiger partial charge in [0.05, 0.1) is 30.8 Å². The van der Waals surface area contributed by atoms with Crippen molar-refractivity contribution in [3.05, 3.63) is 23.0 Å². The lowest BCUT2D eigenvalue weighted by atomic mass is 10.3. The van der Waals surface area contributed by atoms with Gasteiger partial charge < -0.3 is 14.0 Å². The van der Waals surface area contributed by atoms with Gasteiger partial charge in [-0.2, -0.15) is 0 Å². The van der Waals surface area contributed by atoms with Crippen molar-refractivity contribution in [3.63, 3.8) is 0 Å². The van der Waals surface area contributed by atoms with E-state index in [4.69, 9.17) is 21.1 Å². The summed E-state index contributed by atoms with van der Waals surface area (Å²) in [6.45, 7) is 4.77. The number of hydrogen-bond donors (Lipinski definition) is 0. The second kappa shape index (κ2) is 5.16. The second-order valence-corrected chi connectivity index (χ2v) is 4.73. The van der Waals surface area contributed by atoms with E-state index in [-0.39, 0.29) is 6.04 Å². The predicted molar refractivity (Wildman–Crippen MR) is 72.6 cm³/mol. The van der Waals surface area contributed by atoms with Crippen molar-refractivity contribution in [2.75, 3.05) is 20.8 Å². The molecule has 18 heavy (non-hydrogen) atoms. The summed E-state index contributed by atoms with van der Waals surface area (Å²) in [6, 6.07) is 2.16. The van der Waals surface area contributed by atoms with E-state index >= 15 is 0 Å². The van der Waals surface area contributed by atoms with Crippen molar-refractivity contribution in [1.29, 1.82) is 0 Å². The van der Waals surface area contributed by atoms with Crippen LogP contribution in [0.1, 0.15) is 18.5 Å². The van der Waals surface area contributed by atoms with Crippen LogP contribution < -0.4 is 4.74 Å². The summed E-state index contributed by atoms with van der Waals surface area (Å²) in [5.74, 6) is 0.591. The van der Waals surface area contributed by atoms with Gasteiger partial charge in [0, 0.05) is 19.4 Å². The van der Waals surface area contributed by atoms with Crippen LogP contribution in [0.4, 0.5) is 0 Å². The van der Waals surface area contributed by atoms with Crippen molar-refractivity contribution in [1.82, 2.24) is 9.55 Å². The molecule has 0 unspecified atom stereocenters. The number of methoxy groups -OCH3 is 2.